The van der Waals surface area contributed by atoms with E-state index in [0.717, 1.165) is 44.7 Å². The summed E-state index contributed by atoms with van der Waals surface area (Å²) in [6, 6.07) is 74.2. The van der Waals surface area contributed by atoms with Crippen molar-refractivity contribution in [2.45, 2.75) is 52.4 Å². The Morgan fingerprint density at radius 3 is 1.68 bits per heavy atom. The standard InChI is InChI=1S/C62H51BN2O/c1-61(2,3)45-27-30-47(31-28-45)65-55-34-26-43(40-18-10-7-11-19-40)36-51(55)52-37-44(41-20-12-8-13-21-41)38-56-58(52)63(65)53-33-32-49-48-24-16-17-25-57(48)66-60(49)59(53)64(56)54-35-29-46(62(4,5)6)39-50(54)42-22-14-9-15-23-42/h7-39H,1-6H3. The van der Waals surface area contributed by atoms with Crippen molar-refractivity contribution < 1.29 is 4.42 Å². The molecule has 1 aromatic heterocycles. The van der Waals surface area contributed by atoms with E-state index in [1.165, 1.54) is 72.2 Å². The highest BCUT2D eigenvalue weighted by Gasteiger charge is 2.47. The van der Waals surface area contributed by atoms with Gasteiger partial charge in [0, 0.05) is 39.0 Å². The van der Waals surface area contributed by atoms with E-state index in [-0.39, 0.29) is 17.7 Å². The minimum Gasteiger partial charge on any atom is -0.454 e. The van der Waals surface area contributed by atoms with E-state index in [9.17, 15) is 0 Å². The van der Waals surface area contributed by atoms with Gasteiger partial charge in [-0.1, -0.05) is 187 Å². The summed E-state index contributed by atoms with van der Waals surface area (Å²) in [4.78, 5) is 5.17. The Hall–Kier alpha value is -7.56. The van der Waals surface area contributed by atoms with Gasteiger partial charge in [-0.3, -0.25) is 0 Å². The molecule has 0 saturated carbocycles. The van der Waals surface area contributed by atoms with Gasteiger partial charge in [-0.2, -0.15) is 0 Å². The van der Waals surface area contributed by atoms with Crippen molar-refractivity contribution in [3.8, 4) is 44.5 Å². The number of benzene rings is 9. The SMILES string of the molecule is CC(C)(C)c1ccc(N2B3c4ccc5c(oc6ccccc65)c4N(c4ccc(C(C)(C)C)cc4-c4ccccc4)c4cc(-c5ccccc5)cc(c43)-c3cc(-c4ccccc4)ccc32)cc1. The average molecular weight is 851 g/mol. The summed E-state index contributed by atoms with van der Waals surface area (Å²) in [5.74, 6) is 0. The van der Waals surface area contributed by atoms with Gasteiger partial charge in [-0.25, -0.2) is 0 Å². The normalized spacial score (nSPS) is 13.2. The quantitative estimate of drug-likeness (QED) is 0.161. The van der Waals surface area contributed by atoms with Crippen molar-refractivity contribution >= 4 is 68.1 Å². The van der Waals surface area contributed by atoms with Crippen LogP contribution in [0.5, 0.6) is 0 Å². The van der Waals surface area contributed by atoms with Crippen LogP contribution in [0.4, 0.5) is 28.4 Å². The zero-order valence-corrected chi connectivity index (χ0v) is 38.4. The predicted molar refractivity (Wildman–Crippen MR) is 281 cm³/mol. The Morgan fingerprint density at radius 2 is 1.00 bits per heavy atom. The molecule has 0 radical (unpaired) electrons. The van der Waals surface area contributed by atoms with Crippen molar-refractivity contribution in [2.24, 2.45) is 0 Å². The number of fused-ring (bicyclic) bond motifs is 8. The highest BCUT2D eigenvalue weighted by atomic mass is 16.3. The Labute approximate surface area is 388 Å². The first kappa shape index (κ1) is 40.0. The Kier molecular flexibility index (Phi) is 9.09. The highest BCUT2D eigenvalue weighted by Crippen LogP contribution is 2.52. The zero-order chi connectivity index (χ0) is 44.9. The van der Waals surface area contributed by atoms with E-state index in [0.29, 0.717) is 0 Å². The molecule has 3 nitrogen and oxygen atoms in total. The van der Waals surface area contributed by atoms with Gasteiger partial charge in [0.1, 0.15) is 5.58 Å². The summed E-state index contributed by atoms with van der Waals surface area (Å²) in [5, 5.41) is 2.22. The smallest absolute Gasteiger partial charge is 0.333 e. The summed E-state index contributed by atoms with van der Waals surface area (Å²) in [6.45, 7) is 13.6. The van der Waals surface area contributed by atoms with Crippen LogP contribution in [0.2, 0.25) is 0 Å². The molecule has 3 heterocycles. The lowest BCUT2D eigenvalue weighted by molar-refractivity contribution is 0.590. The topological polar surface area (TPSA) is 19.6 Å². The molecule has 10 aromatic rings. The van der Waals surface area contributed by atoms with Crippen LogP contribution in [0.25, 0.3) is 66.4 Å². The van der Waals surface area contributed by atoms with Gasteiger partial charge in [0.05, 0.1) is 11.4 Å². The molecule has 0 unspecified atom stereocenters. The molecule has 0 amide bonds. The van der Waals surface area contributed by atoms with Gasteiger partial charge < -0.3 is 14.1 Å². The van der Waals surface area contributed by atoms with Gasteiger partial charge in [-0.15, -0.1) is 0 Å². The van der Waals surface area contributed by atoms with Crippen LogP contribution in [0, 0.1) is 0 Å². The minimum absolute atomic E-state index is 0.0143. The van der Waals surface area contributed by atoms with Crippen LogP contribution in [0.3, 0.4) is 0 Å². The van der Waals surface area contributed by atoms with Gasteiger partial charge in [0.25, 0.3) is 0 Å². The van der Waals surface area contributed by atoms with Gasteiger partial charge in [0.2, 0.25) is 0 Å². The largest absolute Gasteiger partial charge is 0.454 e. The molecule has 0 N–H and O–H groups in total. The Bertz CT molecular complexity index is 3490. The second-order valence-electron chi connectivity index (χ2n) is 20.2. The number of para-hydroxylation sites is 1. The fourth-order valence-electron chi connectivity index (χ4n) is 10.5. The molecule has 0 atom stereocenters. The molecule has 66 heavy (non-hydrogen) atoms. The third kappa shape index (κ3) is 6.42. The summed E-state index contributed by atoms with van der Waals surface area (Å²) in [5.41, 5.74) is 22.0. The molecule has 0 aliphatic carbocycles. The van der Waals surface area contributed by atoms with Crippen LogP contribution < -0.4 is 20.6 Å². The summed E-state index contributed by atoms with van der Waals surface area (Å²) in [7, 11) is 0. The fourth-order valence-corrected chi connectivity index (χ4v) is 10.5. The third-order valence-electron chi connectivity index (χ3n) is 14.0. The van der Waals surface area contributed by atoms with E-state index in [1.807, 2.05) is 0 Å². The number of rotatable bonds is 5. The molecule has 4 heteroatoms. The second kappa shape index (κ2) is 15.0. The average Bonchev–Trinajstić information content (AvgIpc) is 3.73. The van der Waals surface area contributed by atoms with Crippen LogP contribution >= 0.6 is 0 Å². The minimum atomic E-state index is -0.187. The van der Waals surface area contributed by atoms with Crippen molar-refractivity contribution in [3.63, 3.8) is 0 Å². The Morgan fingerprint density at radius 1 is 0.409 bits per heavy atom. The monoisotopic (exact) mass is 850 g/mol. The van der Waals surface area contributed by atoms with Crippen molar-refractivity contribution in [3.05, 3.63) is 211 Å². The maximum atomic E-state index is 7.17. The maximum absolute atomic E-state index is 7.17. The summed E-state index contributed by atoms with van der Waals surface area (Å²) < 4.78 is 7.17. The number of hydrogen-bond acceptors (Lipinski definition) is 3. The third-order valence-corrected chi connectivity index (χ3v) is 14.0. The number of anilines is 5. The van der Waals surface area contributed by atoms with Crippen LogP contribution in [0.15, 0.2) is 205 Å². The van der Waals surface area contributed by atoms with Gasteiger partial charge >= 0.3 is 6.85 Å². The van der Waals surface area contributed by atoms with E-state index in [1.54, 1.807) is 0 Å². The van der Waals surface area contributed by atoms with E-state index >= 15 is 0 Å². The van der Waals surface area contributed by atoms with Gasteiger partial charge in [0.15, 0.2) is 5.58 Å². The molecule has 0 saturated heterocycles. The van der Waals surface area contributed by atoms with E-state index in [4.69, 9.17) is 4.42 Å². The molecule has 9 aromatic carbocycles. The summed E-state index contributed by atoms with van der Waals surface area (Å²) >= 11 is 0. The summed E-state index contributed by atoms with van der Waals surface area (Å²) in [6.07, 6.45) is 0. The molecule has 2 aliphatic heterocycles. The molecule has 0 spiro atoms. The molecule has 0 fully saturated rings. The molecule has 0 bridgehead atoms. The first-order valence-electron chi connectivity index (χ1n) is 23.3. The van der Waals surface area contributed by atoms with E-state index < -0.39 is 0 Å². The van der Waals surface area contributed by atoms with Crippen LogP contribution in [-0.2, 0) is 10.8 Å². The van der Waals surface area contributed by atoms with Crippen LogP contribution in [0.1, 0.15) is 52.7 Å². The fraction of sp³-hybridized carbons (Fsp3) is 0.129. The molecular weight excluding hydrogens is 800 g/mol. The maximum Gasteiger partial charge on any atom is 0.333 e. The predicted octanol–water partition coefficient (Wildman–Crippen LogP) is 15.9. The number of hydrogen-bond donors (Lipinski definition) is 0. The lowest BCUT2D eigenvalue weighted by Gasteiger charge is -2.46. The zero-order valence-electron chi connectivity index (χ0n) is 38.4. The lowest BCUT2D eigenvalue weighted by Crippen LogP contribution is -2.61. The molecular formula is C62H51BN2O. The lowest BCUT2D eigenvalue weighted by atomic mass is 9.43. The van der Waals surface area contributed by atoms with Crippen LogP contribution in [-0.4, -0.2) is 6.85 Å². The highest BCUT2D eigenvalue weighted by molar-refractivity contribution is 6.94. The Balaban J connectivity index is 1.25. The molecule has 318 valence electrons. The number of furan rings is 1. The van der Waals surface area contributed by atoms with Crippen molar-refractivity contribution in [2.75, 3.05) is 9.71 Å². The van der Waals surface area contributed by atoms with Crippen molar-refractivity contribution in [1.29, 1.82) is 0 Å². The number of nitrogens with zero attached hydrogens (tertiary/aromatic N) is 2. The first-order chi connectivity index (χ1) is 32.0. The first-order valence-corrected chi connectivity index (χ1v) is 23.3. The second-order valence-corrected chi connectivity index (χ2v) is 20.2. The molecule has 2 aliphatic rings. The van der Waals surface area contributed by atoms with Crippen molar-refractivity contribution in [1.82, 2.24) is 0 Å². The van der Waals surface area contributed by atoms with E-state index in [2.05, 4.69) is 251 Å². The van der Waals surface area contributed by atoms with Gasteiger partial charge in [-0.05, 0) is 121 Å². The molecule has 12 rings (SSSR count).